The summed E-state index contributed by atoms with van der Waals surface area (Å²) in [7, 11) is 0. The number of hydrogen-bond acceptors (Lipinski definition) is 2. The monoisotopic (exact) mass is 164 g/mol. The number of rotatable bonds is 4. The zero-order valence-electron chi connectivity index (χ0n) is 6.23. The molecule has 1 aliphatic rings. The molecule has 0 saturated carbocycles. The van der Waals surface area contributed by atoms with E-state index in [2.05, 4.69) is 6.92 Å². The molecule has 0 atom stereocenters. The lowest BCUT2D eigenvalue weighted by atomic mass is 10.1. The fourth-order valence-electron chi connectivity index (χ4n) is 0.847. The normalized spacial score (nSPS) is 22.2. The lowest BCUT2D eigenvalue weighted by Gasteiger charge is -2.39. The molecule has 1 saturated heterocycles. The van der Waals surface area contributed by atoms with Crippen molar-refractivity contribution in [3.8, 4) is 0 Å². The highest BCUT2D eigenvalue weighted by atomic mass is 35.5. The molecule has 0 aromatic heterocycles. The summed E-state index contributed by atoms with van der Waals surface area (Å²) >= 11 is 5.69. The molecule has 0 aliphatic carbocycles. The quantitative estimate of drug-likeness (QED) is 0.586. The Balaban J connectivity index is 2.20. The van der Waals surface area contributed by atoms with Crippen LogP contribution >= 0.6 is 11.6 Å². The average Bonchev–Trinajstić information content (AvgIpc) is 1.87. The molecule has 3 heteroatoms. The van der Waals surface area contributed by atoms with E-state index in [1.165, 1.54) is 0 Å². The van der Waals surface area contributed by atoms with Gasteiger partial charge in [-0.2, -0.15) is 0 Å². The van der Waals surface area contributed by atoms with Gasteiger partial charge in [-0.1, -0.05) is 6.92 Å². The zero-order chi connectivity index (χ0) is 7.45. The highest BCUT2D eigenvalue weighted by Gasteiger charge is 2.38. The second kappa shape index (κ2) is 3.56. The van der Waals surface area contributed by atoms with E-state index in [9.17, 15) is 0 Å². The summed E-state index contributed by atoms with van der Waals surface area (Å²) in [4.78, 5) is 0. The van der Waals surface area contributed by atoms with Crippen LogP contribution in [0.25, 0.3) is 0 Å². The predicted octanol–water partition coefficient (Wildman–Crippen LogP) is 1.42. The first-order valence-corrected chi connectivity index (χ1v) is 4.14. The van der Waals surface area contributed by atoms with E-state index in [1.807, 2.05) is 0 Å². The molecule has 1 heterocycles. The molecular formula is C7H13ClO2. The fraction of sp³-hybridized carbons (Fsp3) is 1.00. The van der Waals surface area contributed by atoms with Gasteiger partial charge in [0.25, 0.3) is 0 Å². The van der Waals surface area contributed by atoms with Crippen LogP contribution in [0.4, 0.5) is 0 Å². The Labute approximate surface area is 66.5 Å². The Morgan fingerprint density at radius 2 is 2.30 bits per heavy atom. The molecular weight excluding hydrogens is 152 g/mol. The summed E-state index contributed by atoms with van der Waals surface area (Å²) in [5.74, 6) is 0.549. The van der Waals surface area contributed by atoms with Crippen LogP contribution in [-0.4, -0.2) is 31.3 Å². The van der Waals surface area contributed by atoms with Crippen LogP contribution < -0.4 is 0 Å². The number of alkyl halides is 1. The van der Waals surface area contributed by atoms with E-state index >= 15 is 0 Å². The molecule has 10 heavy (non-hydrogen) atoms. The average molecular weight is 165 g/mol. The van der Waals surface area contributed by atoms with Gasteiger partial charge in [-0.25, -0.2) is 0 Å². The van der Waals surface area contributed by atoms with Gasteiger partial charge in [0.05, 0.1) is 19.1 Å². The zero-order valence-corrected chi connectivity index (χ0v) is 6.99. The standard InChI is InChI=1S/C7H13ClO2/c1-2-3-10-7(4-8)5-9-6-7/h2-6H2,1H3. The third kappa shape index (κ3) is 1.62. The fourth-order valence-corrected chi connectivity index (χ4v) is 1.08. The summed E-state index contributed by atoms with van der Waals surface area (Å²) < 4.78 is 10.5. The van der Waals surface area contributed by atoms with Crippen molar-refractivity contribution in [2.45, 2.75) is 18.9 Å². The highest BCUT2D eigenvalue weighted by Crippen LogP contribution is 2.23. The lowest BCUT2D eigenvalue weighted by molar-refractivity contribution is -0.196. The van der Waals surface area contributed by atoms with Gasteiger partial charge in [0.1, 0.15) is 5.60 Å². The van der Waals surface area contributed by atoms with E-state index in [4.69, 9.17) is 21.1 Å². The molecule has 1 aliphatic heterocycles. The topological polar surface area (TPSA) is 18.5 Å². The molecule has 0 aromatic rings. The van der Waals surface area contributed by atoms with Crippen molar-refractivity contribution >= 4 is 11.6 Å². The molecule has 2 nitrogen and oxygen atoms in total. The predicted molar refractivity (Wildman–Crippen MR) is 40.5 cm³/mol. The summed E-state index contributed by atoms with van der Waals surface area (Å²) in [5, 5.41) is 0. The van der Waals surface area contributed by atoms with E-state index in [0.717, 1.165) is 13.0 Å². The first-order valence-electron chi connectivity index (χ1n) is 3.61. The summed E-state index contributed by atoms with van der Waals surface area (Å²) in [6.07, 6.45) is 1.04. The van der Waals surface area contributed by atoms with Crippen LogP contribution in [-0.2, 0) is 9.47 Å². The van der Waals surface area contributed by atoms with Crippen molar-refractivity contribution in [2.24, 2.45) is 0 Å². The van der Waals surface area contributed by atoms with Crippen molar-refractivity contribution < 1.29 is 9.47 Å². The van der Waals surface area contributed by atoms with Gasteiger partial charge in [0.15, 0.2) is 0 Å². The molecule has 0 unspecified atom stereocenters. The van der Waals surface area contributed by atoms with Crippen molar-refractivity contribution in [1.82, 2.24) is 0 Å². The summed E-state index contributed by atoms with van der Waals surface area (Å²) in [5.41, 5.74) is -0.141. The first kappa shape index (κ1) is 8.31. The Bertz CT molecular complexity index is 96.3. The van der Waals surface area contributed by atoms with E-state index in [1.54, 1.807) is 0 Å². The van der Waals surface area contributed by atoms with Gasteiger partial charge in [-0.3, -0.25) is 0 Å². The Hall–Kier alpha value is 0.210. The molecule has 0 aromatic carbocycles. The van der Waals surface area contributed by atoms with Gasteiger partial charge in [-0.05, 0) is 6.42 Å². The molecule has 0 spiro atoms. The van der Waals surface area contributed by atoms with Crippen LogP contribution in [0.15, 0.2) is 0 Å². The van der Waals surface area contributed by atoms with Crippen LogP contribution in [0.5, 0.6) is 0 Å². The minimum absolute atomic E-state index is 0.141. The van der Waals surface area contributed by atoms with E-state index in [-0.39, 0.29) is 5.60 Å². The molecule has 0 amide bonds. The van der Waals surface area contributed by atoms with Crippen molar-refractivity contribution in [3.05, 3.63) is 0 Å². The largest absolute Gasteiger partial charge is 0.375 e. The van der Waals surface area contributed by atoms with Gasteiger partial charge < -0.3 is 9.47 Å². The maximum Gasteiger partial charge on any atom is 0.128 e. The Kier molecular flexibility index (Phi) is 2.96. The molecule has 1 rings (SSSR count). The third-order valence-corrected chi connectivity index (χ3v) is 2.07. The van der Waals surface area contributed by atoms with E-state index < -0.39 is 0 Å². The van der Waals surface area contributed by atoms with Gasteiger partial charge >= 0.3 is 0 Å². The minimum atomic E-state index is -0.141. The van der Waals surface area contributed by atoms with Crippen molar-refractivity contribution in [3.63, 3.8) is 0 Å². The number of halogens is 1. The van der Waals surface area contributed by atoms with E-state index in [0.29, 0.717) is 19.1 Å². The van der Waals surface area contributed by atoms with Crippen molar-refractivity contribution in [2.75, 3.05) is 25.7 Å². The number of hydrogen-bond donors (Lipinski definition) is 0. The first-order chi connectivity index (χ1) is 4.83. The Morgan fingerprint density at radius 3 is 2.60 bits per heavy atom. The smallest absolute Gasteiger partial charge is 0.128 e. The van der Waals surface area contributed by atoms with Crippen LogP contribution in [0, 0.1) is 0 Å². The maximum absolute atomic E-state index is 5.69. The van der Waals surface area contributed by atoms with Gasteiger partial charge in [0.2, 0.25) is 0 Å². The summed E-state index contributed by atoms with van der Waals surface area (Å²) in [6, 6.07) is 0. The van der Waals surface area contributed by atoms with Crippen LogP contribution in [0.2, 0.25) is 0 Å². The molecule has 0 bridgehead atoms. The maximum atomic E-state index is 5.69. The lowest BCUT2D eigenvalue weighted by Crippen LogP contribution is -2.53. The third-order valence-electron chi connectivity index (χ3n) is 1.59. The SMILES string of the molecule is CCCOC1(CCl)COC1. The number of ether oxygens (including phenoxy) is 2. The van der Waals surface area contributed by atoms with Gasteiger partial charge in [-0.15, -0.1) is 11.6 Å². The Morgan fingerprint density at radius 1 is 1.60 bits per heavy atom. The minimum Gasteiger partial charge on any atom is -0.375 e. The van der Waals surface area contributed by atoms with Crippen LogP contribution in [0.1, 0.15) is 13.3 Å². The van der Waals surface area contributed by atoms with Crippen molar-refractivity contribution in [1.29, 1.82) is 0 Å². The highest BCUT2D eigenvalue weighted by molar-refractivity contribution is 6.18. The molecule has 1 fully saturated rings. The van der Waals surface area contributed by atoms with Gasteiger partial charge in [0, 0.05) is 6.61 Å². The summed E-state index contributed by atoms with van der Waals surface area (Å²) in [6.45, 7) is 4.20. The second-order valence-electron chi connectivity index (χ2n) is 2.66. The van der Waals surface area contributed by atoms with Crippen LogP contribution in [0.3, 0.4) is 0 Å². The molecule has 0 N–H and O–H groups in total. The second-order valence-corrected chi connectivity index (χ2v) is 2.93. The molecule has 60 valence electrons. The molecule has 0 radical (unpaired) electrons.